The number of likely N-dealkylation sites (N-methyl/N-ethyl adjacent to an activating group) is 1. The van der Waals surface area contributed by atoms with Crippen molar-refractivity contribution in [2.24, 2.45) is 0 Å². The smallest absolute Gasteiger partial charge is 0.268 e. The minimum atomic E-state index is -4.59. The molecule has 0 saturated heterocycles. The third-order valence-corrected chi connectivity index (χ3v) is 12.9. The number of aliphatic hydroxyl groups is 1. The summed E-state index contributed by atoms with van der Waals surface area (Å²) < 4.78 is 23.3. The monoisotopic (exact) mass is 883 g/mol. The van der Waals surface area contributed by atoms with Crippen molar-refractivity contribution in [2.45, 2.75) is 264 Å². The zero-order valence-electron chi connectivity index (χ0n) is 41.1. The average Bonchev–Trinajstić information content (AvgIpc) is 3.21. The zero-order valence-corrected chi connectivity index (χ0v) is 42.0. The van der Waals surface area contributed by atoms with Crippen molar-refractivity contribution in [3.05, 3.63) is 24.3 Å². The molecule has 0 aromatic carbocycles. The lowest BCUT2D eigenvalue weighted by atomic mass is 10.0. The standard InChI is InChI=1S/C52H103N2O6P/c1-6-8-10-12-14-16-18-20-22-24-25-26-27-28-29-30-32-34-36-38-40-42-44-46-52(56)53-50(49-60-61(57,58)59-48-47-54(3,4)5)51(55)45-43-41-39-37-35-33-31-23-21-19-17-15-13-11-9-7-2/h24-25,43,45,50-51,55H,6-23,26-42,44,46-49H2,1-5H3,(H-,53,56,57,58)/b25-24-,45-43+. The van der Waals surface area contributed by atoms with Gasteiger partial charge in [0.1, 0.15) is 13.2 Å². The van der Waals surface area contributed by atoms with Crippen molar-refractivity contribution in [3.63, 3.8) is 0 Å². The number of unbranched alkanes of at least 4 members (excludes halogenated alkanes) is 33. The molecule has 0 aromatic heterocycles. The van der Waals surface area contributed by atoms with Gasteiger partial charge in [-0.25, -0.2) is 0 Å². The van der Waals surface area contributed by atoms with E-state index in [1.54, 1.807) is 6.08 Å². The Labute approximate surface area is 379 Å². The molecule has 61 heavy (non-hydrogen) atoms. The number of carbonyl (C=O) groups excluding carboxylic acids is 1. The van der Waals surface area contributed by atoms with E-state index >= 15 is 0 Å². The van der Waals surface area contributed by atoms with E-state index in [4.69, 9.17) is 9.05 Å². The second-order valence-electron chi connectivity index (χ2n) is 19.2. The number of hydrogen-bond donors (Lipinski definition) is 2. The molecule has 9 heteroatoms. The Balaban J connectivity index is 4.25. The second-order valence-corrected chi connectivity index (χ2v) is 20.6. The van der Waals surface area contributed by atoms with Gasteiger partial charge < -0.3 is 28.8 Å². The lowest BCUT2D eigenvalue weighted by Crippen LogP contribution is -2.45. The van der Waals surface area contributed by atoms with Gasteiger partial charge in [0.05, 0.1) is 39.9 Å². The van der Waals surface area contributed by atoms with Gasteiger partial charge in [0.15, 0.2) is 0 Å². The summed E-state index contributed by atoms with van der Waals surface area (Å²) >= 11 is 0. The van der Waals surface area contributed by atoms with Crippen LogP contribution in [0.2, 0.25) is 0 Å². The Morgan fingerprint density at radius 2 is 0.902 bits per heavy atom. The molecule has 0 aliphatic carbocycles. The van der Waals surface area contributed by atoms with Crippen LogP contribution in [0.25, 0.3) is 0 Å². The fourth-order valence-electron chi connectivity index (χ4n) is 7.74. The summed E-state index contributed by atoms with van der Waals surface area (Å²) in [5.74, 6) is -0.196. The van der Waals surface area contributed by atoms with Gasteiger partial charge in [-0.3, -0.25) is 9.36 Å². The maximum absolute atomic E-state index is 12.9. The van der Waals surface area contributed by atoms with Gasteiger partial charge in [-0.1, -0.05) is 224 Å². The molecule has 2 N–H and O–H groups in total. The Bertz CT molecular complexity index is 1050. The minimum Gasteiger partial charge on any atom is -0.756 e. The van der Waals surface area contributed by atoms with E-state index in [2.05, 4.69) is 31.3 Å². The van der Waals surface area contributed by atoms with Crippen molar-refractivity contribution >= 4 is 13.7 Å². The largest absolute Gasteiger partial charge is 0.756 e. The van der Waals surface area contributed by atoms with Crippen LogP contribution in [0.1, 0.15) is 251 Å². The Morgan fingerprint density at radius 3 is 1.28 bits per heavy atom. The summed E-state index contributed by atoms with van der Waals surface area (Å²) in [6.07, 6.45) is 53.7. The molecule has 3 atom stereocenters. The molecular formula is C52H103N2O6P. The second kappa shape index (κ2) is 44.2. The number of aliphatic hydroxyl groups excluding tert-OH is 1. The maximum Gasteiger partial charge on any atom is 0.268 e. The Morgan fingerprint density at radius 1 is 0.557 bits per heavy atom. The third kappa shape index (κ3) is 46.8. The van der Waals surface area contributed by atoms with Gasteiger partial charge in [0.2, 0.25) is 5.91 Å². The van der Waals surface area contributed by atoms with E-state index in [1.165, 1.54) is 193 Å². The molecule has 0 aromatic rings. The lowest BCUT2D eigenvalue weighted by Gasteiger charge is -2.29. The number of allylic oxidation sites excluding steroid dienone is 3. The molecule has 0 radical (unpaired) electrons. The molecular weight excluding hydrogens is 780 g/mol. The molecule has 0 bridgehead atoms. The Kier molecular flexibility index (Phi) is 43.5. The van der Waals surface area contributed by atoms with Crippen molar-refractivity contribution in [2.75, 3.05) is 40.9 Å². The number of quaternary nitrogens is 1. The summed E-state index contributed by atoms with van der Waals surface area (Å²) in [6, 6.07) is -0.884. The summed E-state index contributed by atoms with van der Waals surface area (Å²) in [5, 5.41) is 13.8. The normalized spacial score (nSPS) is 14.3. The van der Waals surface area contributed by atoms with E-state index in [1.807, 2.05) is 27.2 Å². The predicted octanol–water partition coefficient (Wildman–Crippen LogP) is 14.6. The van der Waals surface area contributed by atoms with Gasteiger partial charge in [0.25, 0.3) is 7.82 Å². The number of carbonyl (C=O) groups is 1. The fourth-order valence-corrected chi connectivity index (χ4v) is 8.46. The van der Waals surface area contributed by atoms with E-state index in [9.17, 15) is 19.4 Å². The molecule has 0 aliphatic rings. The van der Waals surface area contributed by atoms with Crippen LogP contribution in [0.15, 0.2) is 24.3 Å². The number of hydrogen-bond acceptors (Lipinski definition) is 6. The highest BCUT2D eigenvalue weighted by Gasteiger charge is 2.23. The first kappa shape index (κ1) is 60.0. The van der Waals surface area contributed by atoms with Crippen LogP contribution < -0.4 is 10.2 Å². The first-order valence-electron chi connectivity index (χ1n) is 26.2. The van der Waals surface area contributed by atoms with Gasteiger partial charge >= 0.3 is 0 Å². The SMILES string of the molecule is CCCCCCCCCC/C=C\CCCCCCCCCCCCCC(=O)NC(COP(=O)([O-])OCC[N+](C)(C)C)C(O)/C=C/CCCCCCCCCCCCCCCC. The number of nitrogens with zero attached hydrogens (tertiary/aromatic N) is 1. The molecule has 0 saturated carbocycles. The molecule has 362 valence electrons. The molecule has 0 fully saturated rings. The number of phosphoric ester groups is 1. The van der Waals surface area contributed by atoms with Crippen LogP contribution in [-0.2, 0) is 18.4 Å². The molecule has 0 aliphatic heterocycles. The number of amides is 1. The summed E-state index contributed by atoms with van der Waals surface area (Å²) in [7, 11) is 1.27. The van der Waals surface area contributed by atoms with Crippen LogP contribution in [-0.4, -0.2) is 68.5 Å². The quantitative estimate of drug-likeness (QED) is 0.0273. The lowest BCUT2D eigenvalue weighted by molar-refractivity contribution is -0.870. The fraction of sp³-hybridized carbons (Fsp3) is 0.904. The maximum atomic E-state index is 12.9. The van der Waals surface area contributed by atoms with Gasteiger partial charge in [-0.15, -0.1) is 0 Å². The minimum absolute atomic E-state index is 0.000493. The third-order valence-electron chi connectivity index (χ3n) is 11.9. The van der Waals surface area contributed by atoms with Crippen LogP contribution in [0.3, 0.4) is 0 Å². The van der Waals surface area contributed by atoms with Gasteiger partial charge in [-0.2, -0.15) is 0 Å². The van der Waals surface area contributed by atoms with Crippen molar-refractivity contribution in [3.8, 4) is 0 Å². The van der Waals surface area contributed by atoms with E-state index in [0.29, 0.717) is 17.4 Å². The molecule has 0 rings (SSSR count). The molecule has 0 heterocycles. The van der Waals surface area contributed by atoms with E-state index < -0.39 is 20.0 Å². The van der Waals surface area contributed by atoms with Crippen molar-refractivity contribution in [1.29, 1.82) is 0 Å². The van der Waals surface area contributed by atoms with Gasteiger partial charge in [-0.05, 0) is 44.9 Å². The zero-order chi connectivity index (χ0) is 45.0. The van der Waals surface area contributed by atoms with E-state index in [-0.39, 0.29) is 19.1 Å². The van der Waals surface area contributed by atoms with Crippen molar-refractivity contribution in [1.82, 2.24) is 5.32 Å². The first-order valence-corrected chi connectivity index (χ1v) is 27.7. The highest BCUT2D eigenvalue weighted by atomic mass is 31.2. The first-order chi connectivity index (χ1) is 29.5. The number of nitrogens with one attached hydrogen (secondary N) is 1. The predicted molar refractivity (Wildman–Crippen MR) is 261 cm³/mol. The van der Waals surface area contributed by atoms with Crippen molar-refractivity contribution < 1.29 is 32.9 Å². The highest BCUT2D eigenvalue weighted by molar-refractivity contribution is 7.45. The molecule has 3 unspecified atom stereocenters. The van der Waals surface area contributed by atoms with Gasteiger partial charge in [0, 0.05) is 6.42 Å². The number of rotatable bonds is 48. The van der Waals surface area contributed by atoms with Crippen LogP contribution >= 0.6 is 7.82 Å². The summed E-state index contributed by atoms with van der Waals surface area (Å²) in [4.78, 5) is 25.4. The summed E-state index contributed by atoms with van der Waals surface area (Å²) in [6.45, 7) is 4.67. The van der Waals surface area contributed by atoms with Crippen LogP contribution in [0.5, 0.6) is 0 Å². The number of phosphoric acid groups is 1. The van der Waals surface area contributed by atoms with Crippen LogP contribution in [0.4, 0.5) is 0 Å². The summed E-state index contributed by atoms with van der Waals surface area (Å²) in [5.41, 5.74) is 0. The molecule has 1 amide bonds. The molecule has 0 spiro atoms. The molecule has 8 nitrogen and oxygen atoms in total. The van der Waals surface area contributed by atoms with Crippen LogP contribution in [0, 0.1) is 0 Å². The topological polar surface area (TPSA) is 108 Å². The highest BCUT2D eigenvalue weighted by Crippen LogP contribution is 2.38. The Hall–Kier alpha value is -1.02. The average molecular weight is 883 g/mol. The van der Waals surface area contributed by atoms with E-state index in [0.717, 1.165) is 38.5 Å².